The lowest BCUT2D eigenvalue weighted by atomic mass is 9.81. The number of nitrogens with two attached hydrogens (primary N) is 1. The highest BCUT2D eigenvalue weighted by molar-refractivity contribution is 5.98. The molecule has 0 unspecified atom stereocenters. The molecule has 2 rings (SSSR count). The second-order valence-corrected chi connectivity index (χ2v) is 6.58. The van der Waals surface area contributed by atoms with Gasteiger partial charge in [0.2, 0.25) is 5.91 Å². The van der Waals surface area contributed by atoms with Crippen molar-refractivity contribution in [2.75, 3.05) is 13.2 Å². The number of aromatic amines is 1. The Balaban J connectivity index is 1.93. The third-order valence-corrected chi connectivity index (χ3v) is 3.80. The summed E-state index contributed by atoms with van der Waals surface area (Å²) in [6, 6.07) is 1.46. The van der Waals surface area contributed by atoms with E-state index in [1.165, 1.54) is 12.3 Å². The van der Waals surface area contributed by atoms with Crippen molar-refractivity contribution in [1.82, 2.24) is 10.3 Å². The Morgan fingerprint density at radius 3 is 2.76 bits per heavy atom. The number of aromatic nitrogens is 1. The van der Waals surface area contributed by atoms with Gasteiger partial charge in [0.05, 0.1) is 11.7 Å². The molecule has 6 nitrogen and oxygen atoms in total. The zero-order valence-corrected chi connectivity index (χ0v) is 12.7. The van der Waals surface area contributed by atoms with Gasteiger partial charge in [-0.1, -0.05) is 20.8 Å². The van der Waals surface area contributed by atoms with Crippen molar-refractivity contribution in [2.24, 2.45) is 17.1 Å². The van der Waals surface area contributed by atoms with E-state index in [1.807, 2.05) is 0 Å². The summed E-state index contributed by atoms with van der Waals surface area (Å²) in [6.07, 6.45) is 2.52. The molecule has 4 N–H and O–H groups in total. The smallest absolute Gasteiger partial charge is 0.267 e. The van der Waals surface area contributed by atoms with Crippen molar-refractivity contribution in [2.45, 2.75) is 33.3 Å². The highest BCUT2D eigenvalue weighted by atomic mass is 16.5. The molecule has 0 saturated carbocycles. The van der Waals surface area contributed by atoms with Crippen molar-refractivity contribution in [3.63, 3.8) is 0 Å². The number of primary amides is 1. The van der Waals surface area contributed by atoms with Gasteiger partial charge in [-0.15, -0.1) is 0 Å². The van der Waals surface area contributed by atoms with Gasteiger partial charge in [0.25, 0.3) is 5.91 Å². The van der Waals surface area contributed by atoms with E-state index in [0.717, 1.165) is 13.0 Å². The Morgan fingerprint density at radius 2 is 2.19 bits per heavy atom. The molecule has 0 aromatic carbocycles. The van der Waals surface area contributed by atoms with Crippen LogP contribution in [0, 0.1) is 11.3 Å². The van der Waals surface area contributed by atoms with Gasteiger partial charge in [-0.05, 0) is 17.9 Å². The molecule has 1 aliphatic heterocycles. The van der Waals surface area contributed by atoms with Crippen LogP contribution >= 0.6 is 0 Å². The topological polar surface area (TPSA) is 97.2 Å². The van der Waals surface area contributed by atoms with Crippen LogP contribution in [-0.4, -0.2) is 36.1 Å². The van der Waals surface area contributed by atoms with E-state index >= 15 is 0 Å². The first-order valence-electron chi connectivity index (χ1n) is 7.17. The van der Waals surface area contributed by atoms with Crippen molar-refractivity contribution in [1.29, 1.82) is 0 Å². The summed E-state index contributed by atoms with van der Waals surface area (Å²) in [5.41, 5.74) is 5.86. The molecule has 1 aromatic rings. The first-order chi connectivity index (χ1) is 9.79. The van der Waals surface area contributed by atoms with E-state index in [1.54, 1.807) is 0 Å². The van der Waals surface area contributed by atoms with E-state index in [9.17, 15) is 9.59 Å². The van der Waals surface area contributed by atoms with Crippen molar-refractivity contribution in [3.8, 4) is 0 Å². The second kappa shape index (κ2) is 5.89. The lowest BCUT2D eigenvalue weighted by Gasteiger charge is -2.31. The Kier molecular flexibility index (Phi) is 4.37. The maximum atomic E-state index is 12.1. The number of H-pyrrole nitrogens is 1. The molecule has 0 aliphatic carbocycles. The summed E-state index contributed by atoms with van der Waals surface area (Å²) in [5.74, 6) is -0.483. The van der Waals surface area contributed by atoms with Gasteiger partial charge in [-0.3, -0.25) is 9.59 Å². The van der Waals surface area contributed by atoms with E-state index in [2.05, 4.69) is 31.1 Å². The number of amides is 2. The summed E-state index contributed by atoms with van der Waals surface area (Å²) in [4.78, 5) is 25.8. The van der Waals surface area contributed by atoms with E-state index in [-0.39, 0.29) is 17.4 Å². The normalized spacial score (nSPS) is 22.2. The van der Waals surface area contributed by atoms with Gasteiger partial charge in [0.1, 0.15) is 5.69 Å². The SMILES string of the molecule is CC(C)(C)[C@H]1OCC[C@@H]1CNC(=O)c1cc(C(N)=O)c[nH]1. The summed E-state index contributed by atoms with van der Waals surface area (Å²) in [7, 11) is 0. The molecule has 1 aromatic heterocycles. The van der Waals surface area contributed by atoms with Crippen LogP contribution in [0.5, 0.6) is 0 Å². The lowest BCUT2D eigenvalue weighted by Crippen LogP contribution is -2.38. The number of ether oxygens (including phenoxy) is 1. The van der Waals surface area contributed by atoms with Crippen LogP contribution in [0.3, 0.4) is 0 Å². The van der Waals surface area contributed by atoms with Gasteiger partial charge < -0.3 is 20.8 Å². The molecular weight excluding hydrogens is 270 g/mol. The monoisotopic (exact) mass is 293 g/mol. The Bertz CT molecular complexity index is 531. The molecule has 116 valence electrons. The quantitative estimate of drug-likeness (QED) is 0.780. The third kappa shape index (κ3) is 3.64. The zero-order chi connectivity index (χ0) is 15.6. The van der Waals surface area contributed by atoms with Crippen molar-refractivity contribution in [3.05, 3.63) is 23.5 Å². The third-order valence-electron chi connectivity index (χ3n) is 3.80. The Hall–Kier alpha value is -1.82. The van der Waals surface area contributed by atoms with Gasteiger partial charge in [0, 0.05) is 25.3 Å². The van der Waals surface area contributed by atoms with E-state index < -0.39 is 5.91 Å². The van der Waals surface area contributed by atoms with E-state index in [0.29, 0.717) is 23.7 Å². The zero-order valence-electron chi connectivity index (χ0n) is 12.7. The number of carbonyl (C=O) groups excluding carboxylic acids is 2. The molecule has 2 heterocycles. The molecule has 0 radical (unpaired) electrons. The van der Waals surface area contributed by atoms with E-state index in [4.69, 9.17) is 10.5 Å². The average molecular weight is 293 g/mol. The van der Waals surface area contributed by atoms with Gasteiger partial charge >= 0.3 is 0 Å². The second-order valence-electron chi connectivity index (χ2n) is 6.58. The highest BCUT2D eigenvalue weighted by Crippen LogP contribution is 2.34. The Labute approximate surface area is 124 Å². The maximum Gasteiger partial charge on any atom is 0.267 e. The van der Waals surface area contributed by atoms with Gasteiger partial charge in [0.15, 0.2) is 0 Å². The molecular formula is C15H23N3O3. The lowest BCUT2D eigenvalue weighted by molar-refractivity contribution is 0.00736. The number of hydrogen-bond donors (Lipinski definition) is 3. The van der Waals surface area contributed by atoms with Crippen molar-refractivity contribution < 1.29 is 14.3 Å². The van der Waals surface area contributed by atoms with Crippen molar-refractivity contribution >= 4 is 11.8 Å². The minimum absolute atomic E-state index is 0.0530. The highest BCUT2D eigenvalue weighted by Gasteiger charge is 2.37. The van der Waals surface area contributed by atoms with Crippen LogP contribution in [0.25, 0.3) is 0 Å². The van der Waals surface area contributed by atoms with Crippen LogP contribution < -0.4 is 11.1 Å². The minimum Gasteiger partial charge on any atom is -0.377 e. The Morgan fingerprint density at radius 1 is 1.48 bits per heavy atom. The number of rotatable bonds is 4. The minimum atomic E-state index is -0.553. The maximum absolute atomic E-state index is 12.1. The molecule has 6 heteroatoms. The summed E-state index contributed by atoms with van der Waals surface area (Å²) < 4.78 is 5.78. The van der Waals surface area contributed by atoms with Crippen LogP contribution in [0.2, 0.25) is 0 Å². The summed E-state index contributed by atoms with van der Waals surface area (Å²) in [5, 5.41) is 2.89. The average Bonchev–Trinajstić information content (AvgIpc) is 3.04. The largest absolute Gasteiger partial charge is 0.377 e. The summed E-state index contributed by atoms with van der Waals surface area (Å²) in [6.45, 7) is 7.72. The number of hydrogen-bond acceptors (Lipinski definition) is 3. The molecule has 1 saturated heterocycles. The molecule has 2 amide bonds. The standard InChI is InChI=1S/C15H23N3O3/c1-15(2,3)12-9(4-5-21-12)7-18-14(20)11-6-10(8-17-11)13(16)19/h6,8-9,12,17H,4-5,7H2,1-3H3,(H2,16,19)(H,18,20)/t9-,12+/m1/s1. The summed E-state index contributed by atoms with van der Waals surface area (Å²) >= 11 is 0. The van der Waals surface area contributed by atoms with Crippen LogP contribution in [0.1, 0.15) is 48.0 Å². The molecule has 1 aliphatic rings. The first-order valence-corrected chi connectivity index (χ1v) is 7.17. The fourth-order valence-corrected chi connectivity index (χ4v) is 2.79. The van der Waals surface area contributed by atoms with Crippen LogP contribution in [0.15, 0.2) is 12.3 Å². The molecule has 21 heavy (non-hydrogen) atoms. The van der Waals surface area contributed by atoms with Gasteiger partial charge in [-0.25, -0.2) is 0 Å². The van der Waals surface area contributed by atoms with Crippen LogP contribution in [-0.2, 0) is 4.74 Å². The predicted octanol–water partition coefficient (Wildman–Crippen LogP) is 1.29. The number of carbonyl (C=O) groups is 2. The molecule has 1 fully saturated rings. The van der Waals surface area contributed by atoms with Crippen LogP contribution in [0.4, 0.5) is 0 Å². The molecule has 0 spiro atoms. The molecule has 2 atom stereocenters. The molecule has 0 bridgehead atoms. The predicted molar refractivity (Wildman–Crippen MR) is 78.9 cm³/mol. The fraction of sp³-hybridized carbons (Fsp3) is 0.600. The first kappa shape index (κ1) is 15.6. The number of nitrogens with one attached hydrogen (secondary N) is 2. The van der Waals surface area contributed by atoms with Gasteiger partial charge in [-0.2, -0.15) is 0 Å². The fourth-order valence-electron chi connectivity index (χ4n) is 2.79.